The van der Waals surface area contributed by atoms with Crippen LogP contribution in [0.2, 0.25) is 19.6 Å². The molecule has 0 radical (unpaired) electrons. The molecule has 0 N–H and O–H groups in total. The van der Waals surface area contributed by atoms with Gasteiger partial charge < -0.3 is 8.23 Å². The molecule has 0 aliphatic rings. The third kappa shape index (κ3) is 4.69. The molecular formula is C21H26O2Si3. The summed E-state index contributed by atoms with van der Waals surface area (Å²) in [6.07, 6.45) is 0. The van der Waals surface area contributed by atoms with E-state index >= 15 is 0 Å². The molecule has 3 aromatic rings. The molecule has 0 aromatic heterocycles. The van der Waals surface area contributed by atoms with Gasteiger partial charge >= 0.3 is 8.56 Å². The van der Waals surface area contributed by atoms with Crippen LogP contribution in [0, 0.1) is 0 Å². The van der Waals surface area contributed by atoms with E-state index in [1.54, 1.807) is 0 Å². The Morgan fingerprint density at radius 1 is 0.577 bits per heavy atom. The Labute approximate surface area is 161 Å². The van der Waals surface area contributed by atoms with Crippen molar-refractivity contribution in [2.24, 2.45) is 0 Å². The summed E-state index contributed by atoms with van der Waals surface area (Å²) in [6.45, 7) is 6.71. The molecule has 0 bridgehead atoms. The minimum Gasteiger partial charge on any atom is -0.432 e. The van der Waals surface area contributed by atoms with Crippen molar-refractivity contribution in [3.63, 3.8) is 0 Å². The van der Waals surface area contributed by atoms with E-state index < -0.39 is 26.6 Å². The smallest absolute Gasteiger partial charge is 0.348 e. The minimum absolute atomic E-state index is 1.21. The summed E-state index contributed by atoms with van der Waals surface area (Å²) in [6, 6.07) is 31.7. The average Bonchev–Trinajstić information content (AvgIpc) is 2.70. The number of hydrogen-bond donors (Lipinski definition) is 0. The Morgan fingerprint density at radius 3 is 1.31 bits per heavy atom. The average molecular weight is 395 g/mol. The van der Waals surface area contributed by atoms with Crippen LogP contribution < -0.4 is 15.6 Å². The van der Waals surface area contributed by atoms with Gasteiger partial charge in [0.25, 0.3) is 0 Å². The maximum atomic E-state index is 6.79. The Balaban J connectivity index is 1.87. The van der Waals surface area contributed by atoms with Crippen LogP contribution in [0.4, 0.5) is 0 Å². The Bertz CT molecular complexity index is 750. The largest absolute Gasteiger partial charge is 0.432 e. The molecule has 0 aliphatic carbocycles. The van der Waals surface area contributed by atoms with Gasteiger partial charge in [0.2, 0.25) is 0 Å². The molecule has 0 spiro atoms. The topological polar surface area (TPSA) is 18.5 Å². The number of benzene rings is 3. The molecule has 0 amide bonds. The molecule has 3 rings (SSSR count). The van der Waals surface area contributed by atoms with Crippen LogP contribution in [0.1, 0.15) is 0 Å². The summed E-state index contributed by atoms with van der Waals surface area (Å²) >= 11 is 0. The number of rotatable bonds is 7. The first kappa shape index (κ1) is 19.0. The lowest BCUT2D eigenvalue weighted by molar-refractivity contribution is 0.429. The molecule has 5 heteroatoms. The standard InChI is InChI=1S/C21H26O2Si3/c1-24(19-13-7-4-8-14-19)22-26(3,21-17-11-6-12-18-21)23-25(2)20-15-9-5-10-16-20/h4-18,24-25H,1-3H3. The van der Waals surface area contributed by atoms with Gasteiger partial charge in [-0.3, -0.25) is 0 Å². The van der Waals surface area contributed by atoms with Gasteiger partial charge in [0.05, 0.1) is 0 Å². The maximum Gasteiger partial charge on any atom is 0.348 e. The Kier molecular flexibility index (Phi) is 6.39. The fourth-order valence-corrected chi connectivity index (χ4v) is 13.8. The highest BCUT2D eigenvalue weighted by Crippen LogP contribution is 2.12. The van der Waals surface area contributed by atoms with Gasteiger partial charge in [-0.15, -0.1) is 0 Å². The van der Waals surface area contributed by atoms with Crippen LogP contribution in [-0.2, 0) is 8.23 Å². The molecule has 2 unspecified atom stereocenters. The van der Waals surface area contributed by atoms with Gasteiger partial charge in [0.15, 0.2) is 18.1 Å². The summed E-state index contributed by atoms with van der Waals surface area (Å²) in [7, 11) is -5.59. The van der Waals surface area contributed by atoms with E-state index in [9.17, 15) is 0 Å². The summed E-state index contributed by atoms with van der Waals surface area (Å²) in [4.78, 5) is 0. The Morgan fingerprint density at radius 2 is 0.923 bits per heavy atom. The highest BCUT2D eigenvalue weighted by atomic mass is 28.5. The number of hydrogen-bond acceptors (Lipinski definition) is 2. The van der Waals surface area contributed by atoms with E-state index in [-0.39, 0.29) is 0 Å². The molecule has 134 valence electrons. The highest BCUT2D eigenvalue weighted by Gasteiger charge is 2.38. The molecule has 26 heavy (non-hydrogen) atoms. The fourth-order valence-electron chi connectivity index (χ4n) is 3.16. The van der Waals surface area contributed by atoms with E-state index in [1.807, 2.05) is 0 Å². The van der Waals surface area contributed by atoms with Gasteiger partial charge in [-0.1, -0.05) is 91.0 Å². The van der Waals surface area contributed by atoms with Crippen LogP contribution in [0.15, 0.2) is 91.0 Å². The summed E-state index contributed by atoms with van der Waals surface area (Å²) in [5.41, 5.74) is 0. The molecule has 0 heterocycles. The molecule has 2 atom stereocenters. The molecule has 3 aromatic carbocycles. The zero-order valence-electron chi connectivity index (χ0n) is 15.6. The van der Waals surface area contributed by atoms with Crippen LogP contribution in [0.3, 0.4) is 0 Å². The van der Waals surface area contributed by atoms with Gasteiger partial charge in [-0.25, -0.2) is 0 Å². The van der Waals surface area contributed by atoms with Crippen LogP contribution in [0.25, 0.3) is 0 Å². The van der Waals surface area contributed by atoms with Crippen molar-refractivity contribution < 1.29 is 8.23 Å². The van der Waals surface area contributed by atoms with Gasteiger partial charge in [0.1, 0.15) is 0 Å². The third-order valence-corrected chi connectivity index (χ3v) is 15.1. The third-order valence-electron chi connectivity index (χ3n) is 4.64. The van der Waals surface area contributed by atoms with Crippen LogP contribution in [0.5, 0.6) is 0 Å². The summed E-state index contributed by atoms with van der Waals surface area (Å²) < 4.78 is 13.6. The summed E-state index contributed by atoms with van der Waals surface area (Å²) in [5, 5.41) is 3.85. The quantitative estimate of drug-likeness (QED) is 0.573. The monoisotopic (exact) mass is 394 g/mol. The van der Waals surface area contributed by atoms with E-state index in [2.05, 4.69) is 111 Å². The second-order valence-corrected chi connectivity index (χ2v) is 14.9. The normalized spacial score (nSPS) is 15.8. The minimum atomic E-state index is -2.49. The van der Waals surface area contributed by atoms with Crippen molar-refractivity contribution in [2.75, 3.05) is 0 Å². The first-order valence-corrected chi connectivity index (χ1v) is 15.8. The Hall–Kier alpha value is -1.77. The first-order chi connectivity index (χ1) is 12.6. The van der Waals surface area contributed by atoms with E-state index in [1.165, 1.54) is 15.6 Å². The second-order valence-electron chi connectivity index (χ2n) is 6.65. The molecular weight excluding hydrogens is 368 g/mol. The van der Waals surface area contributed by atoms with E-state index in [0.717, 1.165) is 0 Å². The van der Waals surface area contributed by atoms with Crippen molar-refractivity contribution in [1.82, 2.24) is 0 Å². The predicted molar refractivity (Wildman–Crippen MR) is 118 cm³/mol. The van der Waals surface area contributed by atoms with Gasteiger partial charge in [0, 0.05) is 0 Å². The van der Waals surface area contributed by atoms with Crippen molar-refractivity contribution in [3.05, 3.63) is 91.0 Å². The van der Waals surface area contributed by atoms with Crippen molar-refractivity contribution in [3.8, 4) is 0 Å². The summed E-state index contributed by atoms with van der Waals surface area (Å²) in [5.74, 6) is 0. The highest BCUT2D eigenvalue weighted by molar-refractivity contribution is 6.92. The fraction of sp³-hybridized carbons (Fsp3) is 0.143. The van der Waals surface area contributed by atoms with Crippen molar-refractivity contribution in [1.29, 1.82) is 0 Å². The van der Waals surface area contributed by atoms with Crippen LogP contribution in [-0.4, -0.2) is 26.6 Å². The van der Waals surface area contributed by atoms with Crippen LogP contribution >= 0.6 is 0 Å². The predicted octanol–water partition coefficient (Wildman–Crippen LogP) is 2.52. The van der Waals surface area contributed by atoms with E-state index in [0.29, 0.717) is 0 Å². The maximum absolute atomic E-state index is 6.79. The van der Waals surface area contributed by atoms with Crippen molar-refractivity contribution in [2.45, 2.75) is 19.6 Å². The molecule has 0 aliphatic heterocycles. The first-order valence-electron chi connectivity index (χ1n) is 9.09. The SMILES string of the molecule is C[SiH](O[Si](C)(O[SiH](C)c1ccccc1)c1ccccc1)c1ccccc1. The molecule has 0 saturated heterocycles. The second kappa shape index (κ2) is 8.75. The molecule has 0 fully saturated rings. The van der Waals surface area contributed by atoms with Crippen molar-refractivity contribution >= 4 is 42.2 Å². The molecule has 0 saturated carbocycles. The lowest BCUT2D eigenvalue weighted by Crippen LogP contribution is -2.59. The van der Waals surface area contributed by atoms with E-state index in [4.69, 9.17) is 8.23 Å². The van der Waals surface area contributed by atoms with Gasteiger partial charge in [-0.05, 0) is 35.2 Å². The zero-order valence-corrected chi connectivity index (χ0v) is 18.9. The zero-order chi connectivity index (χ0) is 18.4. The lowest BCUT2D eigenvalue weighted by atomic mass is 10.4. The molecule has 2 nitrogen and oxygen atoms in total. The van der Waals surface area contributed by atoms with Gasteiger partial charge in [-0.2, -0.15) is 0 Å². The lowest BCUT2D eigenvalue weighted by Gasteiger charge is -2.33.